The van der Waals surface area contributed by atoms with Crippen molar-refractivity contribution in [2.24, 2.45) is 5.41 Å². The van der Waals surface area contributed by atoms with Crippen LogP contribution in [0.5, 0.6) is 0 Å². The summed E-state index contributed by atoms with van der Waals surface area (Å²) in [7, 11) is 0. The monoisotopic (exact) mass is 537 g/mol. The summed E-state index contributed by atoms with van der Waals surface area (Å²) in [5.41, 5.74) is 8.25. The van der Waals surface area contributed by atoms with Crippen molar-refractivity contribution >= 4 is 49.5 Å². The van der Waals surface area contributed by atoms with Crippen LogP contribution in [0, 0.1) is 5.41 Å². The van der Waals surface area contributed by atoms with Crippen molar-refractivity contribution in [1.82, 2.24) is 24.8 Å². The molecular weight excluding hydrogens is 510 g/mol. The molecule has 1 spiro atoms. The average Bonchev–Trinajstić information content (AvgIpc) is 3.54. The minimum Gasteiger partial charge on any atom is -0.390 e. The Bertz CT molecular complexity index is 1430. The molecule has 1 aromatic carbocycles. The van der Waals surface area contributed by atoms with Gasteiger partial charge in [0, 0.05) is 36.1 Å². The summed E-state index contributed by atoms with van der Waals surface area (Å²) in [5.74, 6) is 1.24. The van der Waals surface area contributed by atoms with Gasteiger partial charge in [-0.3, -0.25) is 0 Å². The summed E-state index contributed by atoms with van der Waals surface area (Å²) in [5, 5.41) is 31.2. The first-order valence-corrected chi connectivity index (χ1v) is 12.7. The highest BCUT2D eigenvalue weighted by atomic mass is 79.9. The van der Waals surface area contributed by atoms with Gasteiger partial charge in [0.25, 0.3) is 0 Å². The smallest absolute Gasteiger partial charge is 0.145 e. The quantitative estimate of drug-likeness (QED) is 0.268. The highest BCUT2D eigenvalue weighted by Gasteiger charge is 2.56. The first kappa shape index (κ1) is 22.7. The van der Waals surface area contributed by atoms with E-state index >= 15 is 0 Å². The van der Waals surface area contributed by atoms with E-state index in [1.165, 1.54) is 6.33 Å². The van der Waals surface area contributed by atoms with Crippen LogP contribution in [-0.4, -0.2) is 55.0 Å². The van der Waals surface area contributed by atoms with E-state index in [1.54, 1.807) is 0 Å². The zero-order valence-electron chi connectivity index (χ0n) is 19.3. The lowest BCUT2D eigenvalue weighted by Crippen LogP contribution is -2.38. The lowest BCUT2D eigenvalue weighted by Gasteiger charge is -2.27. The van der Waals surface area contributed by atoms with Crippen LogP contribution in [0.25, 0.3) is 21.9 Å². The molecule has 2 aliphatic rings. The molecule has 3 aromatic heterocycles. The van der Waals surface area contributed by atoms with Crippen LogP contribution in [0.1, 0.15) is 37.4 Å². The van der Waals surface area contributed by atoms with Crippen molar-refractivity contribution in [3.8, 4) is 0 Å². The van der Waals surface area contributed by atoms with Crippen LogP contribution in [0.4, 0.5) is 11.6 Å². The van der Waals surface area contributed by atoms with Gasteiger partial charge in [-0.05, 0) is 59.5 Å². The number of anilines is 2. The van der Waals surface area contributed by atoms with Gasteiger partial charge in [-0.15, -0.1) is 0 Å². The normalized spacial score (nSPS) is 28.5. The van der Waals surface area contributed by atoms with Crippen molar-refractivity contribution in [2.75, 3.05) is 24.1 Å². The summed E-state index contributed by atoms with van der Waals surface area (Å²) in [6.45, 7) is 3.40. The lowest BCUT2D eigenvalue weighted by molar-refractivity contribution is -0.0218. The van der Waals surface area contributed by atoms with E-state index in [0.29, 0.717) is 18.8 Å². The van der Waals surface area contributed by atoms with Crippen molar-refractivity contribution in [3.63, 3.8) is 0 Å². The molecule has 4 heterocycles. The van der Waals surface area contributed by atoms with Crippen molar-refractivity contribution in [1.29, 1.82) is 0 Å². The molecule has 1 aliphatic carbocycles. The van der Waals surface area contributed by atoms with Gasteiger partial charge < -0.3 is 31.1 Å². The van der Waals surface area contributed by atoms with Gasteiger partial charge in [0.1, 0.15) is 29.7 Å². The number of pyridine rings is 1. The molecule has 35 heavy (non-hydrogen) atoms. The third-order valence-electron chi connectivity index (χ3n) is 7.71. The van der Waals surface area contributed by atoms with E-state index < -0.39 is 17.6 Å². The molecule has 6 N–H and O–H groups in total. The predicted molar refractivity (Wildman–Crippen MR) is 139 cm³/mol. The highest BCUT2D eigenvalue weighted by Crippen LogP contribution is 2.52. The number of nitrogen functional groups attached to an aromatic ring is 1. The highest BCUT2D eigenvalue weighted by molar-refractivity contribution is 9.10. The van der Waals surface area contributed by atoms with E-state index in [0.717, 1.165) is 50.8 Å². The minimum absolute atomic E-state index is 0.0516. The summed E-state index contributed by atoms with van der Waals surface area (Å²) >= 11 is 3.44. The predicted octanol–water partition coefficient (Wildman–Crippen LogP) is 3.14. The Morgan fingerprint density at radius 3 is 2.91 bits per heavy atom. The Balaban J connectivity index is 1.29. The number of fused-ring (bicyclic) bond motifs is 2. The largest absolute Gasteiger partial charge is 0.390 e. The number of benzene rings is 1. The number of nitrogens with zero attached hydrogens (tertiary/aromatic N) is 4. The van der Waals surface area contributed by atoms with Gasteiger partial charge in [0.2, 0.25) is 0 Å². The molecule has 182 valence electrons. The topological polar surface area (TPSA) is 134 Å². The van der Waals surface area contributed by atoms with Gasteiger partial charge >= 0.3 is 0 Å². The van der Waals surface area contributed by atoms with Crippen LogP contribution in [0.3, 0.4) is 0 Å². The van der Waals surface area contributed by atoms with Crippen molar-refractivity contribution in [3.05, 3.63) is 52.9 Å². The van der Waals surface area contributed by atoms with E-state index in [2.05, 4.69) is 53.6 Å². The second-order valence-electron chi connectivity index (χ2n) is 9.73. The maximum Gasteiger partial charge on any atom is 0.145 e. The zero-order chi connectivity index (χ0) is 24.3. The van der Waals surface area contributed by atoms with Crippen LogP contribution < -0.4 is 16.4 Å². The molecule has 9 nitrogen and oxygen atoms in total. The third-order valence-corrected chi connectivity index (χ3v) is 8.34. The zero-order valence-corrected chi connectivity index (χ0v) is 20.9. The number of halogens is 1. The molecule has 1 saturated carbocycles. The number of nitrogens with two attached hydrogens (primary N) is 1. The fourth-order valence-electron chi connectivity index (χ4n) is 5.92. The number of aliphatic hydroxyl groups excluding tert-OH is 2. The molecule has 0 bridgehead atoms. The molecule has 1 saturated heterocycles. The Hall–Kier alpha value is -2.79. The van der Waals surface area contributed by atoms with Gasteiger partial charge in [-0.2, -0.15) is 0 Å². The summed E-state index contributed by atoms with van der Waals surface area (Å²) in [6, 6.07) is 9.92. The Kier molecular flexibility index (Phi) is 5.44. The molecule has 2 fully saturated rings. The number of aliphatic hydroxyl groups is 2. The number of rotatable bonds is 4. The minimum atomic E-state index is -0.890. The third kappa shape index (κ3) is 3.58. The Morgan fingerprint density at radius 2 is 2.09 bits per heavy atom. The maximum absolute atomic E-state index is 11.2. The number of hydrogen-bond donors (Lipinski definition) is 5. The summed E-state index contributed by atoms with van der Waals surface area (Å²) in [6.07, 6.45) is 3.11. The van der Waals surface area contributed by atoms with E-state index in [-0.39, 0.29) is 12.1 Å². The number of nitrogens with one attached hydrogen (secondary N) is 2. The van der Waals surface area contributed by atoms with Crippen LogP contribution in [0.2, 0.25) is 0 Å². The fourth-order valence-corrected chi connectivity index (χ4v) is 6.26. The number of aromatic nitrogens is 4. The molecule has 5 atom stereocenters. The molecule has 4 aromatic rings. The standard InChI is InChI=1S/C25H28BrN7O2/c1-2-28-23-15-5-6-33(24(15)31-12-30-23)19-10-25(21(35)20(19)34)9-18(29-11-25)14-4-3-13-7-16(26)22(27)32-17(13)8-14/h3-8,12,18-21,29,34-35H,2,9-11H2,1H3,(H2,27,32)(H,28,30,31). The number of hydrogen-bond acceptors (Lipinski definition) is 8. The van der Waals surface area contributed by atoms with E-state index in [4.69, 9.17) is 5.73 Å². The molecule has 6 rings (SSSR count). The van der Waals surface area contributed by atoms with E-state index in [9.17, 15) is 10.2 Å². The van der Waals surface area contributed by atoms with Gasteiger partial charge in [0.05, 0.1) is 27.5 Å². The molecule has 5 unspecified atom stereocenters. The van der Waals surface area contributed by atoms with Crippen LogP contribution in [-0.2, 0) is 0 Å². The van der Waals surface area contributed by atoms with Crippen LogP contribution in [0.15, 0.2) is 47.3 Å². The first-order chi connectivity index (χ1) is 16.9. The summed E-state index contributed by atoms with van der Waals surface area (Å²) < 4.78 is 2.78. The van der Waals surface area contributed by atoms with Gasteiger partial charge in [-0.25, -0.2) is 15.0 Å². The molecule has 1 aliphatic heterocycles. The Labute approximate surface area is 210 Å². The molecule has 10 heteroatoms. The second kappa shape index (κ2) is 8.41. The van der Waals surface area contributed by atoms with E-state index in [1.807, 2.05) is 35.9 Å². The Morgan fingerprint density at radius 1 is 1.23 bits per heavy atom. The molecule has 0 amide bonds. The lowest BCUT2D eigenvalue weighted by atomic mass is 9.80. The second-order valence-corrected chi connectivity index (χ2v) is 10.6. The maximum atomic E-state index is 11.2. The summed E-state index contributed by atoms with van der Waals surface area (Å²) in [4.78, 5) is 13.3. The van der Waals surface area contributed by atoms with Crippen LogP contribution >= 0.6 is 15.9 Å². The molecule has 0 radical (unpaired) electrons. The first-order valence-electron chi connectivity index (χ1n) is 11.9. The fraction of sp³-hybridized carbons (Fsp3) is 0.400. The molecular formula is C25H28BrN7O2. The SMILES string of the molecule is CCNc1ncnc2c1ccn2C1CC2(CNC(c3ccc4cc(Br)c(N)nc4c3)C2)C(O)C1O. The van der Waals surface area contributed by atoms with Gasteiger partial charge in [-0.1, -0.05) is 12.1 Å². The van der Waals surface area contributed by atoms with Crippen molar-refractivity contribution < 1.29 is 10.2 Å². The van der Waals surface area contributed by atoms with Crippen molar-refractivity contribution in [2.45, 2.75) is 44.1 Å². The van der Waals surface area contributed by atoms with Gasteiger partial charge in [0.15, 0.2) is 0 Å². The average molecular weight is 538 g/mol.